The number of para-hydroxylation sites is 1. The lowest BCUT2D eigenvalue weighted by atomic mass is 9.84. The summed E-state index contributed by atoms with van der Waals surface area (Å²) in [5, 5.41) is 0. The van der Waals surface area contributed by atoms with E-state index in [0.29, 0.717) is 31.3 Å². The topological polar surface area (TPSA) is 35.5 Å². The molecule has 0 radical (unpaired) electrons. The van der Waals surface area contributed by atoms with Crippen molar-refractivity contribution in [2.24, 2.45) is 17.8 Å². The van der Waals surface area contributed by atoms with Crippen molar-refractivity contribution < 1.29 is 14.3 Å². The van der Waals surface area contributed by atoms with Crippen molar-refractivity contribution in [1.82, 2.24) is 0 Å². The van der Waals surface area contributed by atoms with Crippen LogP contribution in [0.25, 0.3) is 0 Å². The monoisotopic (exact) mass is 288 g/mol. The molecule has 1 aromatic carbocycles. The molecular formula is C18H24O3. The first kappa shape index (κ1) is 14.6. The molecule has 2 fully saturated rings. The van der Waals surface area contributed by atoms with E-state index in [0.717, 1.165) is 17.4 Å². The lowest BCUT2D eigenvalue weighted by Gasteiger charge is -2.21. The third kappa shape index (κ3) is 3.29. The van der Waals surface area contributed by atoms with Gasteiger partial charge in [0.2, 0.25) is 0 Å². The summed E-state index contributed by atoms with van der Waals surface area (Å²) in [5.74, 6) is 3.22. The van der Waals surface area contributed by atoms with Crippen LogP contribution in [0.1, 0.15) is 42.5 Å². The summed E-state index contributed by atoms with van der Waals surface area (Å²) in [7, 11) is 1.65. The predicted octanol–water partition coefficient (Wildman–Crippen LogP) is 3.72. The van der Waals surface area contributed by atoms with Gasteiger partial charge >= 0.3 is 0 Å². The van der Waals surface area contributed by atoms with Crippen molar-refractivity contribution in [2.75, 3.05) is 20.3 Å². The second-order valence-electron chi connectivity index (χ2n) is 6.40. The van der Waals surface area contributed by atoms with Gasteiger partial charge in [-0.1, -0.05) is 18.6 Å². The van der Waals surface area contributed by atoms with E-state index in [1.807, 2.05) is 24.3 Å². The Morgan fingerprint density at radius 1 is 1.19 bits per heavy atom. The van der Waals surface area contributed by atoms with Crippen molar-refractivity contribution in [1.29, 1.82) is 0 Å². The maximum atomic E-state index is 12.6. The summed E-state index contributed by atoms with van der Waals surface area (Å²) < 4.78 is 10.7. The average Bonchev–Trinajstić information content (AvgIpc) is 3.10. The van der Waals surface area contributed by atoms with Crippen molar-refractivity contribution in [3.8, 4) is 5.75 Å². The molecular weight excluding hydrogens is 264 g/mol. The van der Waals surface area contributed by atoms with Crippen molar-refractivity contribution >= 4 is 5.78 Å². The SMILES string of the molecule is COCCOc1ccccc1C(=O)CC1CC2CCC1C2. The number of rotatable bonds is 7. The van der Waals surface area contributed by atoms with Crippen LogP contribution >= 0.6 is 0 Å². The highest BCUT2D eigenvalue weighted by atomic mass is 16.5. The fourth-order valence-corrected chi connectivity index (χ4v) is 4.03. The van der Waals surface area contributed by atoms with E-state index in [1.165, 1.54) is 25.7 Å². The van der Waals surface area contributed by atoms with Crippen LogP contribution in [0.15, 0.2) is 24.3 Å². The van der Waals surface area contributed by atoms with Crippen molar-refractivity contribution in [3.63, 3.8) is 0 Å². The Balaban J connectivity index is 1.63. The third-order valence-corrected chi connectivity index (χ3v) is 5.06. The summed E-state index contributed by atoms with van der Waals surface area (Å²) in [6.45, 7) is 1.02. The number of hydrogen-bond acceptors (Lipinski definition) is 3. The lowest BCUT2D eigenvalue weighted by molar-refractivity contribution is 0.0936. The molecule has 0 aliphatic heterocycles. The van der Waals surface area contributed by atoms with E-state index in [2.05, 4.69) is 0 Å². The Bertz CT molecular complexity index is 497. The molecule has 3 rings (SSSR count). The maximum absolute atomic E-state index is 12.6. The summed E-state index contributed by atoms with van der Waals surface area (Å²) in [5.41, 5.74) is 0.733. The zero-order valence-electron chi connectivity index (χ0n) is 12.7. The van der Waals surface area contributed by atoms with Crippen molar-refractivity contribution in [2.45, 2.75) is 32.1 Å². The highest BCUT2D eigenvalue weighted by Gasteiger charge is 2.40. The van der Waals surface area contributed by atoms with Gasteiger partial charge in [-0.25, -0.2) is 0 Å². The quantitative estimate of drug-likeness (QED) is 0.566. The fraction of sp³-hybridized carbons (Fsp3) is 0.611. The maximum Gasteiger partial charge on any atom is 0.166 e. The molecule has 1 aromatic rings. The Morgan fingerprint density at radius 3 is 2.76 bits per heavy atom. The molecule has 21 heavy (non-hydrogen) atoms. The molecule has 2 aliphatic rings. The molecule has 0 N–H and O–H groups in total. The highest BCUT2D eigenvalue weighted by molar-refractivity contribution is 5.98. The standard InChI is InChI=1S/C18H24O3/c1-20-8-9-21-18-5-3-2-4-16(18)17(19)12-15-11-13-6-7-14(15)10-13/h2-5,13-15H,6-12H2,1H3. The van der Waals surface area contributed by atoms with Crippen LogP contribution in [-0.2, 0) is 4.74 Å². The minimum absolute atomic E-state index is 0.237. The number of carbonyl (C=O) groups excluding carboxylic acids is 1. The second kappa shape index (κ2) is 6.61. The average molecular weight is 288 g/mol. The van der Waals surface area contributed by atoms with Gasteiger partial charge in [-0.3, -0.25) is 4.79 Å². The van der Waals surface area contributed by atoms with Crippen LogP contribution in [0.3, 0.4) is 0 Å². The molecule has 3 heteroatoms. The van der Waals surface area contributed by atoms with E-state index in [-0.39, 0.29) is 5.78 Å². The number of ketones is 1. The minimum Gasteiger partial charge on any atom is -0.490 e. The molecule has 3 nitrogen and oxygen atoms in total. The van der Waals surface area contributed by atoms with E-state index in [9.17, 15) is 4.79 Å². The largest absolute Gasteiger partial charge is 0.490 e. The number of carbonyl (C=O) groups is 1. The number of hydrogen-bond donors (Lipinski definition) is 0. The van der Waals surface area contributed by atoms with E-state index < -0.39 is 0 Å². The van der Waals surface area contributed by atoms with E-state index >= 15 is 0 Å². The molecule has 0 aromatic heterocycles. The molecule has 0 spiro atoms. The van der Waals surface area contributed by atoms with Gasteiger partial charge < -0.3 is 9.47 Å². The first-order valence-corrected chi connectivity index (χ1v) is 8.02. The molecule has 114 valence electrons. The van der Waals surface area contributed by atoms with Gasteiger partial charge in [-0.2, -0.15) is 0 Å². The van der Waals surface area contributed by atoms with Crippen LogP contribution in [0, 0.1) is 17.8 Å². The molecule has 2 aliphatic carbocycles. The van der Waals surface area contributed by atoms with Crippen LogP contribution in [0.2, 0.25) is 0 Å². The number of Topliss-reactive ketones (excluding diaryl/α,β-unsaturated/α-hetero) is 1. The normalized spacial score (nSPS) is 27.0. The molecule has 0 saturated heterocycles. The van der Waals surface area contributed by atoms with Gasteiger partial charge in [0.15, 0.2) is 5.78 Å². The minimum atomic E-state index is 0.237. The summed E-state index contributed by atoms with van der Waals surface area (Å²) in [6.07, 6.45) is 6.00. The summed E-state index contributed by atoms with van der Waals surface area (Å²) >= 11 is 0. The Morgan fingerprint density at radius 2 is 2.05 bits per heavy atom. The fourth-order valence-electron chi connectivity index (χ4n) is 4.03. The molecule has 0 heterocycles. The molecule has 3 atom stereocenters. The smallest absolute Gasteiger partial charge is 0.166 e. The van der Waals surface area contributed by atoms with Gasteiger partial charge in [-0.15, -0.1) is 0 Å². The van der Waals surface area contributed by atoms with Crippen LogP contribution in [-0.4, -0.2) is 26.1 Å². The van der Waals surface area contributed by atoms with E-state index in [4.69, 9.17) is 9.47 Å². The summed E-state index contributed by atoms with van der Waals surface area (Å²) in [6, 6.07) is 7.59. The molecule has 3 unspecified atom stereocenters. The molecule has 2 bridgehead atoms. The number of methoxy groups -OCH3 is 1. The predicted molar refractivity (Wildman–Crippen MR) is 81.7 cm³/mol. The number of ether oxygens (including phenoxy) is 2. The van der Waals surface area contributed by atoms with Gasteiger partial charge in [0.05, 0.1) is 12.2 Å². The van der Waals surface area contributed by atoms with Gasteiger partial charge in [0.1, 0.15) is 12.4 Å². The van der Waals surface area contributed by atoms with Gasteiger partial charge in [-0.05, 0) is 49.1 Å². The molecule has 0 amide bonds. The first-order valence-electron chi connectivity index (χ1n) is 8.02. The number of benzene rings is 1. The zero-order valence-corrected chi connectivity index (χ0v) is 12.7. The summed E-state index contributed by atoms with van der Waals surface area (Å²) in [4.78, 5) is 12.6. The van der Waals surface area contributed by atoms with Gasteiger partial charge in [0.25, 0.3) is 0 Å². The Hall–Kier alpha value is -1.35. The lowest BCUT2D eigenvalue weighted by Crippen LogP contribution is -2.16. The van der Waals surface area contributed by atoms with E-state index in [1.54, 1.807) is 7.11 Å². The third-order valence-electron chi connectivity index (χ3n) is 5.06. The van der Waals surface area contributed by atoms with Crippen LogP contribution < -0.4 is 4.74 Å². The molecule has 2 saturated carbocycles. The highest BCUT2D eigenvalue weighted by Crippen LogP contribution is 2.49. The zero-order chi connectivity index (χ0) is 14.7. The Labute approximate surface area is 126 Å². The number of fused-ring (bicyclic) bond motifs is 2. The second-order valence-corrected chi connectivity index (χ2v) is 6.40. The van der Waals surface area contributed by atoms with Crippen LogP contribution in [0.4, 0.5) is 0 Å². The van der Waals surface area contributed by atoms with Gasteiger partial charge in [0, 0.05) is 13.5 Å². The Kier molecular flexibility index (Phi) is 4.59. The van der Waals surface area contributed by atoms with Crippen molar-refractivity contribution in [3.05, 3.63) is 29.8 Å². The van der Waals surface area contributed by atoms with Crippen LogP contribution in [0.5, 0.6) is 5.75 Å². The first-order chi connectivity index (χ1) is 10.3.